The average molecular weight is 336 g/mol. The third-order valence-corrected chi connectivity index (χ3v) is 4.83. The molecule has 1 aliphatic heterocycles. The fourth-order valence-corrected chi connectivity index (χ4v) is 3.27. The SMILES string of the molecule is CCc1ccc(/C=C2\SC(=Nc3cc(C)ccc3C)NC2=O)cc1. The van der Waals surface area contributed by atoms with Gasteiger partial charge in [-0.15, -0.1) is 0 Å². The summed E-state index contributed by atoms with van der Waals surface area (Å²) in [7, 11) is 0. The molecule has 2 aromatic rings. The number of carbonyl (C=O) groups excluding carboxylic acids is 1. The number of amidine groups is 1. The lowest BCUT2D eigenvalue weighted by atomic mass is 10.1. The van der Waals surface area contributed by atoms with Gasteiger partial charge in [0.2, 0.25) is 0 Å². The van der Waals surface area contributed by atoms with E-state index in [0.717, 1.165) is 28.8 Å². The third kappa shape index (κ3) is 3.77. The molecule has 122 valence electrons. The first kappa shape index (κ1) is 16.5. The summed E-state index contributed by atoms with van der Waals surface area (Å²) in [6, 6.07) is 14.4. The second-order valence-corrected chi connectivity index (χ2v) is 6.90. The molecule has 0 saturated carbocycles. The summed E-state index contributed by atoms with van der Waals surface area (Å²) in [5.74, 6) is -0.0939. The molecule has 3 rings (SSSR count). The molecule has 0 atom stereocenters. The van der Waals surface area contributed by atoms with Crippen LogP contribution in [0.5, 0.6) is 0 Å². The lowest BCUT2D eigenvalue weighted by molar-refractivity contribution is -0.115. The van der Waals surface area contributed by atoms with Crippen LogP contribution >= 0.6 is 11.8 Å². The highest BCUT2D eigenvalue weighted by Crippen LogP contribution is 2.29. The molecule has 0 aliphatic carbocycles. The normalized spacial score (nSPS) is 17.5. The number of nitrogens with one attached hydrogen (secondary N) is 1. The number of rotatable bonds is 3. The van der Waals surface area contributed by atoms with E-state index in [1.54, 1.807) is 0 Å². The molecule has 4 heteroatoms. The van der Waals surface area contributed by atoms with Crippen LogP contribution in [-0.4, -0.2) is 11.1 Å². The van der Waals surface area contributed by atoms with E-state index >= 15 is 0 Å². The van der Waals surface area contributed by atoms with Crippen LogP contribution in [0.25, 0.3) is 6.08 Å². The van der Waals surface area contributed by atoms with Crippen LogP contribution in [0.4, 0.5) is 5.69 Å². The van der Waals surface area contributed by atoms with Gasteiger partial charge in [0.25, 0.3) is 5.91 Å². The van der Waals surface area contributed by atoms with Crippen LogP contribution in [0, 0.1) is 13.8 Å². The van der Waals surface area contributed by atoms with Crippen molar-refractivity contribution in [1.29, 1.82) is 0 Å². The van der Waals surface area contributed by atoms with Crippen LogP contribution < -0.4 is 5.32 Å². The molecule has 0 spiro atoms. The van der Waals surface area contributed by atoms with Gasteiger partial charge in [-0.1, -0.05) is 43.3 Å². The van der Waals surface area contributed by atoms with Gasteiger partial charge < -0.3 is 5.32 Å². The van der Waals surface area contributed by atoms with Gasteiger partial charge in [-0.2, -0.15) is 0 Å². The molecular formula is C20H20N2OS. The zero-order valence-electron chi connectivity index (χ0n) is 14.1. The highest BCUT2D eigenvalue weighted by molar-refractivity contribution is 8.18. The number of carbonyl (C=O) groups is 1. The minimum Gasteiger partial charge on any atom is -0.300 e. The van der Waals surface area contributed by atoms with Gasteiger partial charge in [0, 0.05) is 0 Å². The van der Waals surface area contributed by atoms with Crippen LogP contribution in [0.15, 0.2) is 52.4 Å². The van der Waals surface area contributed by atoms with E-state index in [9.17, 15) is 4.79 Å². The van der Waals surface area contributed by atoms with E-state index in [-0.39, 0.29) is 5.91 Å². The Balaban J connectivity index is 1.83. The summed E-state index contributed by atoms with van der Waals surface area (Å²) in [4.78, 5) is 17.4. The molecule has 3 nitrogen and oxygen atoms in total. The van der Waals surface area contributed by atoms with Crippen molar-refractivity contribution in [3.8, 4) is 0 Å². The molecule has 2 aromatic carbocycles. The third-order valence-electron chi connectivity index (χ3n) is 3.92. The highest BCUT2D eigenvalue weighted by Gasteiger charge is 2.23. The molecule has 1 fully saturated rings. The predicted octanol–water partition coefficient (Wildman–Crippen LogP) is 4.76. The Morgan fingerprint density at radius 3 is 2.58 bits per heavy atom. The molecule has 1 amide bonds. The molecule has 0 bridgehead atoms. The predicted molar refractivity (Wildman–Crippen MR) is 103 cm³/mol. The second-order valence-electron chi connectivity index (χ2n) is 5.87. The largest absolute Gasteiger partial charge is 0.300 e. The summed E-state index contributed by atoms with van der Waals surface area (Å²) in [5, 5.41) is 3.48. The maximum Gasteiger partial charge on any atom is 0.264 e. The molecule has 1 saturated heterocycles. The summed E-state index contributed by atoms with van der Waals surface area (Å²) in [5.41, 5.74) is 5.46. The minimum atomic E-state index is -0.0939. The molecule has 0 radical (unpaired) electrons. The van der Waals surface area contributed by atoms with Gasteiger partial charge >= 0.3 is 0 Å². The summed E-state index contributed by atoms with van der Waals surface area (Å²) in [6.45, 7) is 6.19. The second kappa shape index (κ2) is 7.05. The van der Waals surface area contributed by atoms with Gasteiger partial charge in [-0.25, -0.2) is 4.99 Å². The molecule has 0 aromatic heterocycles. The van der Waals surface area contributed by atoms with Gasteiger partial charge in [0.15, 0.2) is 5.17 Å². The Bertz CT molecular complexity index is 835. The first-order chi connectivity index (χ1) is 11.5. The number of benzene rings is 2. The lowest BCUT2D eigenvalue weighted by Crippen LogP contribution is -2.19. The number of nitrogens with zero attached hydrogens (tertiary/aromatic N) is 1. The fraction of sp³-hybridized carbons (Fsp3) is 0.200. The Morgan fingerprint density at radius 2 is 1.88 bits per heavy atom. The Morgan fingerprint density at radius 1 is 1.12 bits per heavy atom. The zero-order valence-corrected chi connectivity index (χ0v) is 14.9. The van der Waals surface area contributed by atoms with Crippen LogP contribution in [0.3, 0.4) is 0 Å². The Kier molecular flexibility index (Phi) is 4.86. The van der Waals surface area contributed by atoms with Gasteiger partial charge in [-0.05, 0) is 66.4 Å². The molecule has 24 heavy (non-hydrogen) atoms. The molecule has 0 unspecified atom stereocenters. The van der Waals surface area contributed by atoms with Crippen molar-refractivity contribution in [3.05, 3.63) is 69.6 Å². The van der Waals surface area contributed by atoms with Gasteiger partial charge in [-0.3, -0.25) is 4.79 Å². The topological polar surface area (TPSA) is 41.5 Å². The van der Waals surface area contributed by atoms with E-state index in [1.807, 2.05) is 44.2 Å². The van der Waals surface area contributed by atoms with Gasteiger partial charge in [0.05, 0.1) is 10.6 Å². The molecule has 1 heterocycles. The maximum atomic E-state index is 12.2. The lowest BCUT2D eigenvalue weighted by Gasteiger charge is -2.02. The molecular weight excluding hydrogens is 316 g/mol. The Hall–Kier alpha value is -2.33. The summed E-state index contributed by atoms with van der Waals surface area (Å²) < 4.78 is 0. The Labute approximate surface area is 146 Å². The quantitative estimate of drug-likeness (QED) is 0.821. The average Bonchev–Trinajstić information content (AvgIpc) is 2.91. The zero-order chi connectivity index (χ0) is 17.1. The number of hydrogen-bond donors (Lipinski definition) is 1. The number of amides is 1. The van der Waals surface area contributed by atoms with E-state index in [4.69, 9.17) is 0 Å². The van der Waals surface area contributed by atoms with E-state index < -0.39 is 0 Å². The number of aryl methyl sites for hydroxylation is 3. The number of hydrogen-bond acceptors (Lipinski definition) is 3. The number of aliphatic imine (C=N–C) groups is 1. The van der Waals surface area contributed by atoms with Crippen molar-refractivity contribution in [2.24, 2.45) is 4.99 Å². The van der Waals surface area contributed by atoms with Crippen LogP contribution in [0.2, 0.25) is 0 Å². The maximum absolute atomic E-state index is 12.2. The van der Waals surface area contributed by atoms with Crippen molar-refractivity contribution < 1.29 is 4.79 Å². The molecule has 1 N–H and O–H groups in total. The highest BCUT2D eigenvalue weighted by atomic mass is 32.2. The van der Waals surface area contributed by atoms with Crippen molar-refractivity contribution in [1.82, 2.24) is 5.32 Å². The van der Waals surface area contributed by atoms with E-state index in [2.05, 4.69) is 35.4 Å². The minimum absolute atomic E-state index is 0.0939. The van der Waals surface area contributed by atoms with E-state index in [0.29, 0.717) is 10.1 Å². The van der Waals surface area contributed by atoms with Crippen LogP contribution in [0.1, 0.15) is 29.2 Å². The van der Waals surface area contributed by atoms with Crippen molar-refractivity contribution >= 4 is 34.6 Å². The fourth-order valence-electron chi connectivity index (χ4n) is 2.43. The molecule has 1 aliphatic rings. The van der Waals surface area contributed by atoms with Crippen LogP contribution in [-0.2, 0) is 11.2 Å². The smallest absolute Gasteiger partial charge is 0.264 e. The first-order valence-corrected chi connectivity index (χ1v) is 8.82. The number of thioether (sulfide) groups is 1. The van der Waals surface area contributed by atoms with Crippen molar-refractivity contribution in [2.75, 3.05) is 0 Å². The summed E-state index contributed by atoms with van der Waals surface area (Å²) >= 11 is 1.38. The monoisotopic (exact) mass is 336 g/mol. The van der Waals surface area contributed by atoms with Gasteiger partial charge in [0.1, 0.15) is 0 Å². The van der Waals surface area contributed by atoms with Crippen molar-refractivity contribution in [2.45, 2.75) is 27.2 Å². The summed E-state index contributed by atoms with van der Waals surface area (Å²) in [6.07, 6.45) is 2.92. The van der Waals surface area contributed by atoms with E-state index in [1.165, 1.54) is 17.3 Å². The first-order valence-electron chi connectivity index (χ1n) is 8.01. The van der Waals surface area contributed by atoms with Crippen molar-refractivity contribution in [3.63, 3.8) is 0 Å². The standard InChI is InChI=1S/C20H20N2OS/c1-4-15-7-9-16(10-8-15)12-18-19(23)22-20(24-18)21-17-11-13(2)5-6-14(17)3/h5-12H,4H2,1-3H3,(H,21,22,23)/b18-12-.